The Morgan fingerprint density at radius 3 is 2.43 bits per heavy atom. The van der Waals surface area contributed by atoms with Gasteiger partial charge >= 0.3 is 5.97 Å². The molecule has 14 heavy (non-hydrogen) atoms. The molecule has 0 saturated heterocycles. The second kappa shape index (κ2) is 6.37. The van der Waals surface area contributed by atoms with Gasteiger partial charge in [0.05, 0.1) is 6.54 Å². The van der Waals surface area contributed by atoms with Gasteiger partial charge in [0.15, 0.2) is 6.10 Å². The van der Waals surface area contributed by atoms with Gasteiger partial charge in [0.2, 0.25) is 5.91 Å². The number of aliphatic hydroxyl groups excluding tert-OH is 1. The molecule has 0 spiro atoms. The van der Waals surface area contributed by atoms with Crippen LogP contribution >= 0.6 is 0 Å². The van der Waals surface area contributed by atoms with Crippen LogP contribution in [0.25, 0.3) is 0 Å². The summed E-state index contributed by atoms with van der Waals surface area (Å²) >= 11 is 0. The molecule has 0 bridgehead atoms. The van der Waals surface area contributed by atoms with E-state index in [0.29, 0.717) is 0 Å². The highest BCUT2D eigenvalue weighted by atomic mass is 16.4. The maximum Gasteiger partial charge on any atom is 0.334 e. The topological polar surface area (TPSA) is 86.6 Å². The van der Waals surface area contributed by atoms with Crippen molar-refractivity contribution in [2.45, 2.75) is 32.8 Å². The summed E-state index contributed by atoms with van der Waals surface area (Å²) in [5.74, 6) is -1.68. The predicted octanol–water partition coefficient (Wildman–Crippen LogP) is -0.0157. The SMILES string of the molecule is CCCC(C)C(=O)NCC(O)C(=O)O. The van der Waals surface area contributed by atoms with Crippen molar-refractivity contribution in [3.05, 3.63) is 0 Å². The van der Waals surface area contributed by atoms with Gasteiger partial charge in [-0.3, -0.25) is 4.79 Å². The van der Waals surface area contributed by atoms with Gasteiger partial charge in [-0.05, 0) is 6.42 Å². The summed E-state index contributed by atoms with van der Waals surface area (Å²) in [5.41, 5.74) is 0. The summed E-state index contributed by atoms with van der Waals surface area (Å²) in [6.45, 7) is 3.50. The van der Waals surface area contributed by atoms with Crippen LogP contribution in [0, 0.1) is 5.92 Å². The van der Waals surface area contributed by atoms with Crippen molar-refractivity contribution in [3.8, 4) is 0 Å². The summed E-state index contributed by atoms with van der Waals surface area (Å²) < 4.78 is 0. The number of carbonyl (C=O) groups is 2. The fourth-order valence-electron chi connectivity index (χ4n) is 1.02. The summed E-state index contributed by atoms with van der Waals surface area (Å²) in [4.78, 5) is 21.5. The van der Waals surface area contributed by atoms with E-state index < -0.39 is 12.1 Å². The molecule has 5 heteroatoms. The summed E-state index contributed by atoms with van der Waals surface area (Å²) in [6.07, 6.45) is 0.137. The normalized spacial score (nSPS) is 14.5. The van der Waals surface area contributed by atoms with Gasteiger partial charge in [-0.15, -0.1) is 0 Å². The lowest BCUT2D eigenvalue weighted by Gasteiger charge is -2.12. The Kier molecular flexibility index (Phi) is 5.87. The molecule has 82 valence electrons. The number of aliphatic carboxylic acids is 1. The number of rotatable bonds is 6. The van der Waals surface area contributed by atoms with Gasteiger partial charge in [-0.2, -0.15) is 0 Å². The van der Waals surface area contributed by atoms with E-state index in [1.54, 1.807) is 6.92 Å². The molecule has 0 fully saturated rings. The minimum absolute atomic E-state index is 0.138. The smallest absolute Gasteiger partial charge is 0.334 e. The number of carboxylic acids is 1. The number of carbonyl (C=O) groups excluding carboxylic acids is 1. The van der Waals surface area contributed by atoms with Crippen molar-refractivity contribution in [2.75, 3.05) is 6.54 Å². The van der Waals surface area contributed by atoms with Gasteiger partial charge in [-0.1, -0.05) is 20.3 Å². The third-order valence-electron chi connectivity index (χ3n) is 1.92. The first-order valence-electron chi connectivity index (χ1n) is 4.67. The average Bonchev–Trinajstić information content (AvgIpc) is 2.13. The Morgan fingerprint density at radius 1 is 1.43 bits per heavy atom. The molecule has 0 aliphatic carbocycles. The zero-order valence-electron chi connectivity index (χ0n) is 8.49. The highest BCUT2D eigenvalue weighted by Crippen LogP contribution is 2.04. The van der Waals surface area contributed by atoms with Crippen molar-refractivity contribution >= 4 is 11.9 Å². The van der Waals surface area contributed by atoms with Gasteiger partial charge in [-0.25, -0.2) is 4.79 Å². The molecule has 0 rings (SSSR count). The molecule has 0 heterocycles. The molecule has 0 aromatic carbocycles. The van der Waals surface area contributed by atoms with Gasteiger partial charge in [0.25, 0.3) is 0 Å². The minimum Gasteiger partial charge on any atom is -0.479 e. The zero-order valence-corrected chi connectivity index (χ0v) is 8.49. The number of nitrogens with one attached hydrogen (secondary N) is 1. The molecule has 0 aromatic heterocycles. The second-order valence-electron chi connectivity index (χ2n) is 3.29. The quantitative estimate of drug-likeness (QED) is 0.566. The first-order chi connectivity index (χ1) is 6.49. The van der Waals surface area contributed by atoms with E-state index in [2.05, 4.69) is 5.32 Å². The Balaban J connectivity index is 3.78. The highest BCUT2D eigenvalue weighted by Gasteiger charge is 2.16. The highest BCUT2D eigenvalue weighted by molar-refractivity contribution is 5.79. The molecule has 2 atom stereocenters. The Bertz CT molecular complexity index is 205. The van der Waals surface area contributed by atoms with Crippen molar-refractivity contribution in [2.24, 2.45) is 5.92 Å². The molecule has 0 aliphatic heterocycles. The lowest BCUT2D eigenvalue weighted by atomic mass is 10.1. The van der Waals surface area contributed by atoms with E-state index in [1.165, 1.54) is 0 Å². The Hall–Kier alpha value is -1.10. The number of carboxylic acid groups (broad SMARTS) is 1. The van der Waals surface area contributed by atoms with Crippen LogP contribution in [-0.2, 0) is 9.59 Å². The first kappa shape index (κ1) is 12.9. The Labute approximate surface area is 83.1 Å². The van der Waals surface area contributed by atoms with Crippen molar-refractivity contribution < 1.29 is 19.8 Å². The van der Waals surface area contributed by atoms with E-state index in [4.69, 9.17) is 10.2 Å². The van der Waals surface area contributed by atoms with Gasteiger partial charge < -0.3 is 15.5 Å². The fourth-order valence-corrected chi connectivity index (χ4v) is 1.02. The molecule has 2 unspecified atom stereocenters. The molecule has 1 amide bonds. The third kappa shape index (κ3) is 4.81. The van der Waals surface area contributed by atoms with E-state index in [9.17, 15) is 9.59 Å². The molecule has 3 N–H and O–H groups in total. The molecule has 0 saturated carbocycles. The number of hydrogen-bond donors (Lipinski definition) is 3. The predicted molar refractivity (Wildman–Crippen MR) is 50.7 cm³/mol. The molecular weight excluding hydrogens is 186 g/mol. The van der Waals surface area contributed by atoms with Crippen molar-refractivity contribution in [1.29, 1.82) is 0 Å². The van der Waals surface area contributed by atoms with Crippen molar-refractivity contribution in [1.82, 2.24) is 5.32 Å². The fraction of sp³-hybridized carbons (Fsp3) is 0.778. The summed E-state index contributed by atoms with van der Waals surface area (Å²) in [5, 5.41) is 19.6. The maximum atomic E-state index is 11.2. The van der Waals surface area contributed by atoms with E-state index in [-0.39, 0.29) is 18.4 Å². The summed E-state index contributed by atoms with van der Waals surface area (Å²) in [7, 11) is 0. The van der Waals surface area contributed by atoms with Crippen LogP contribution < -0.4 is 5.32 Å². The maximum absolute atomic E-state index is 11.2. The van der Waals surface area contributed by atoms with Gasteiger partial charge in [0, 0.05) is 5.92 Å². The van der Waals surface area contributed by atoms with Crippen LogP contribution in [0.5, 0.6) is 0 Å². The minimum atomic E-state index is -1.52. The molecule has 5 nitrogen and oxygen atoms in total. The van der Waals surface area contributed by atoms with Crippen LogP contribution in [0.2, 0.25) is 0 Å². The second-order valence-corrected chi connectivity index (χ2v) is 3.29. The lowest BCUT2D eigenvalue weighted by molar-refractivity contribution is -0.146. The number of amides is 1. The van der Waals surface area contributed by atoms with Gasteiger partial charge in [0.1, 0.15) is 0 Å². The zero-order chi connectivity index (χ0) is 11.1. The summed E-state index contributed by atoms with van der Waals surface area (Å²) in [6, 6.07) is 0. The molecular formula is C9H17NO4. The Morgan fingerprint density at radius 2 is 2.00 bits per heavy atom. The van der Waals surface area contributed by atoms with Crippen LogP contribution in [-0.4, -0.2) is 34.7 Å². The number of hydrogen-bond acceptors (Lipinski definition) is 3. The molecule has 0 radical (unpaired) electrons. The van der Waals surface area contributed by atoms with E-state index in [0.717, 1.165) is 12.8 Å². The number of aliphatic hydroxyl groups is 1. The first-order valence-corrected chi connectivity index (χ1v) is 4.67. The largest absolute Gasteiger partial charge is 0.479 e. The van der Waals surface area contributed by atoms with Crippen LogP contribution in [0.3, 0.4) is 0 Å². The van der Waals surface area contributed by atoms with Crippen LogP contribution in [0.4, 0.5) is 0 Å². The molecule has 0 aliphatic rings. The average molecular weight is 203 g/mol. The van der Waals surface area contributed by atoms with E-state index in [1.807, 2.05) is 6.92 Å². The van der Waals surface area contributed by atoms with Crippen LogP contribution in [0.1, 0.15) is 26.7 Å². The monoisotopic (exact) mass is 203 g/mol. The lowest BCUT2D eigenvalue weighted by Crippen LogP contribution is -2.38. The third-order valence-corrected chi connectivity index (χ3v) is 1.92. The van der Waals surface area contributed by atoms with Crippen molar-refractivity contribution in [3.63, 3.8) is 0 Å². The van der Waals surface area contributed by atoms with Crippen LogP contribution in [0.15, 0.2) is 0 Å². The molecule has 0 aromatic rings. The standard InChI is InChI=1S/C9H17NO4/c1-3-4-6(2)8(12)10-5-7(11)9(13)14/h6-7,11H,3-5H2,1-2H3,(H,10,12)(H,13,14). The van der Waals surface area contributed by atoms with E-state index >= 15 is 0 Å².